The summed E-state index contributed by atoms with van der Waals surface area (Å²) in [4.78, 5) is 23.7. The molecule has 7 heteroatoms. The molecule has 2 amide bonds. The highest BCUT2D eigenvalue weighted by atomic mass is 35.5. The Labute approximate surface area is 143 Å². The first-order chi connectivity index (χ1) is 11.4. The Hall–Kier alpha value is -2.73. The summed E-state index contributed by atoms with van der Waals surface area (Å²) in [7, 11) is 0. The van der Waals surface area contributed by atoms with Crippen molar-refractivity contribution in [3.63, 3.8) is 0 Å². The molecule has 0 fully saturated rings. The summed E-state index contributed by atoms with van der Waals surface area (Å²) in [6.45, 7) is 3.64. The maximum atomic E-state index is 13.5. The second-order valence-corrected chi connectivity index (χ2v) is 5.46. The standard InChI is InChI=1S/C17H15ClFN3O2/c1-10-5-3-6-11(2)15(10)21-16(23)17(24)22-20-9-12-13(18)7-4-8-14(12)19/h3-9H,1-2H3,(H,21,23)(H,22,24). The fraction of sp³-hybridized carbons (Fsp3) is 0.118. The zero-order valence-electron chi connectivity index (χ0n) is 13.1. The molecule has 2 rings (SSSR count). The molecule has 0 spiro atoms. The fourth-order valence-corrected chi connectivity index (χ4v) is 2.23. The first-order valence-electron chi connectivity index (χ1n) is 7.04. The van der Waals surface area contributed by atoms with Gasteiger partial charge in [0, 0.05) is 11.3 Å². The van der Waals surface area contributed by atoms with Crippen molar-refractivity contribution < 1.29 is 14.0 Å². The van der Waals surface area contributed by atoms with Gasteiger partial charge in [0.05, 0.1) is 11.2 Å². The smallest absolute Gasteiger partial charge is 0.317 e. The highest BCUT2D eigenvalue weighted by molar-refractivity contribution is 6.39. The molecular weight excluding hydrogens is 333 g/mol. The monoisotopic (exact) mass is 347 g/mol. The number of carbonyl (C=O) groups is 2. The second kappa shape index (κ2) is 7.70. The Morgan fingerprint density at radius 3 is 2.33 bits per heavy atom. The number of hydrogen-bond acceptors (Lipinski definition) is 3. The van der Waals surface area contributed by atoms with Crippen LogP contribution in [0.15, 0.2) is 41.5 Å². The van der Waals surface area contributed by atoms with Crippen LogP contribution in [0.5, 0.6) is 0 Å². The van der Waals surface area contributed by atoms with Crippen LogP contribution in [0.2, 0.25) is 5.02 Å². The number of nitrogens with one attached hydrogen (secondary N) is 2. The van der Waals surface area contributed by atoms with E-state index in [2.05, 4.69) is 10.4 Å². The first-order valence-corrected chi connectivity index (χ1v) is 7.42. The normalized spacial score (nSPS) is 10.7. The first kappa shape index (κ1) is 17.6. The van der Waals surface area contributed by atoms with Crippen molar-refractivity contribution in [1.29, 1.82) is 0 Å². The number of benzene rings is 2. The number of nitrogens with zero attached hydrogens (tertiary/aromatic N) is 1. The molecule has 2 aromatic carbocycles. The van der Waals surface area contributed by atoms with Crippen LogP contribution in [0.25, 0.3) is 0 Å². The van der Waals surface area contributed by atoms with Crippen LogP contribution >= 0.6 is 11.6 Å². The van der Waals surface area contributed by atoms with Crippen LogP contribution in [-0.4, -0.2) is 18.0 Å². The van der Waals surface area contributed by atoms with Crippen molar-refractivity contribution in [2.24, 2.45) is 5.10 Å². The lowest BCUT2D eigenvalue weighted by Crippen LogP contribution is -2.32. The van der Waals surface area contributed by atoms with Crippen molar-refractivity contribution in [3.8, 4) is 0 Å². The molecule has 24 heavy (non-hydrogen) atoms. The fourth-order valence-electron chi connectivity index (χ4n) is 2.02. The summed E-state index contributed by atoms with van der Waals surface area (Å²) in [5, 5.41) is 6.23. The maximum Gasteiger partial charge on any atom is 0.329 e. The molecule has 0 atom stereocenters. The van der Waals surface area contributed by atoms with E-state index in [9.17, 15) is 14.0 Å². The van der Waals surface area contributed by atoms with E-state index < -0.39 is 17.6 Å². The van der Waals surface area contributed by atoms with Gasteiger partial charge in [0.25, 0.3) is 0 Å². The van der Waals surface area contributed by atoms with Gasteiger partial charge in [0.15, 0.2) is 0 Å². The molecule has 124 valence electrons. The molecule has 0 unspecified atom stereocenters. The van der Waals surface area contributed by atoms with Gasteiger partial charge in [-0.2, -0.15) is 5.10 Å². The lowest BCUT2D eigenvalue weighted by Gasteiger charge is -2.10. The number of amides is 2. The topological polar surface area (TPSA) is 70.6 Å². The molecular formula is C17H15ClFN3O2. The van der Waals surface area contributed by atoms with Gasteiger partial charge in [-0.25, -0.2) is 9.82 Å². The zero-order valence-corrected chi connectivity index (χ0v) is 13.8. The molecule has 0 saturated heterocycles. The molecule has 5 nitrogen and oxygen atoms in total. The van der Waals surface area contributed by atoms with Crippen LogP contribution < -0.4 is 10.7 Å². The predicted molar refractivity (Wildman–Crippen MR) is 91.7 cm³/mol. The quantitative estimate of drug-likeness (QED) is 0.508. The van der Waals surface area contributed by atoms with Crippen LogP contribution in [0.3, 0.4) is 0 Å². The summed E-state index contributed by atoms with van der Waals surface area (Å²) >= 11 is 5.83. The number of hydrogen-bond donors (Lipinski definition) is 2. The van der Waals surface area contributed by atoms with Gasteiger partial charge >= 0.3 is 11.8 Å². The van der Waals surface area contributed by atoms with E-state index in [1.165, 1.54) is 18.2 Å². The molecule has 2 N–H and O–H groups in total. The van der Waals surface area contributed by atoms with Crippen LogP contribution in [0.4, 0.5) is 10.1 Å². The van der Waals surface area contributed by atoms with E-state index in [-0.39, 0.29) is 10.6 Å². The molecule has 0 aliphatic heterocycles. The van der Waals surface area contributed by atoms with E-state index in [0.29, 0.717) is 5.69 Å². The largest absolute Gasteiger partial charge is 0.329 e. The SMILES string of the molecule is Cc1cccc(C)c1NC(=O)C(=O)NN=Cc1c(F)cccc1Cl. The van der Waals surface area contributed by atoms with Crippen LogP contribution in [0.1, 0.15) is 16.7 Å². The predicted octanol–water partition coefficient (Wildman–Crippen LogP) is 3.18. The van der Waals surface area contributed by atoms with Gasteiger partial charge in [-0.3, -0.25) is 9.59 Å². The Balaban J connectivity index is 2.02. The van der Waals surface area contributed by atoms with E-state index >= 15 is 0 Å². The molecule has 2 aromatic rings. The van der Waals surface area contributed by atoms with Gasteiger partial charge in [-0.15, -0.1) is 0 Å². The number of aryl methyl sites for hydroxylation is 2. The minimum atomic E-state index is -0.971. The molecule has 0 bridgehead atoms. The van der Waals surface area contributed by atoms with Crippen molar-refractivity contribution in [2.45, 2.75) is 13.8 Å². The summed E-state index contributed by atoms with van der Waals surface area (Å²) in [6, 6.07) is 9.64. The zero-order chi connectivity index (χ0) is 17.7. The molecule has 0 aromatic heterocycles. The summed E-state index contributed by atoms with van der Waals surface area (Å²) in [5.41, 5.74) is 4.29. The molecule has 0 aliphatic rings. The number of hydrazone groups is 1. The Bertz CT molecular complexity index is 781. The van der Waals surface area contributed by atoms with Crippen LogP contribution in [0, 0.1) is 19.7 Å². The molecule has 0 saturated carbocycles. The maximum absolute atomic E-state index is 13.5. The van der Waals surface area contributed by atoms with E-state index in [4.69, 9.17) is 11.6 Å². The van der Waals surface area contributed by atoms with Gasteiger partial charge in [0.1, 0.15) is 5.82 Å². The summed E-state index contributed by atoms with van der Waals surface area (Å²) < 4.78 is 13.5. The van der Waals surface area contributed by atoms with Crippen molar-refractivity contribution >= 4 is 35.3 Å². The third-order valence-corrected chi connectivity index (χ3v) is 3.61. The molecule has 0 aliphatic carbocycles. The molecule has 0 radical (unpaired) electrons. The van der Waals surface area contributed by atoms with E-state index in [0.717, 1.165) is 17.3 Å². The lowest BCUT2D eigenvalue weighted by molar-refractivity contribution is -0.136. The Kier molecular flexibility index (Phi) is 5.65. The van der Waals surface area contributed by atoms with Crippen molar-refractivity contribution in [3.05, 3.63) is 63.9 Å². The minimum absolute atomic E-state index is 0.0228. The number of halogens is 2. The van der Waals surface area contributed by atoms with Crippen molar-refractivity contribution in [1.82, 2.24) is 5.43 Å². The number of rotatable bonds is 3. The highest BCUT2D eigenvalue weighted by Crippen LogP contribution is 2.19. The third kappa shape index (κ3) is 4.17. The van der Waals surface area contributed by atoms with E-state index in [1.54, 1.807) is 0 Å². The average molecular weight is 348 g/mol. The Morgan fingerprint density at radius 1 is 1.08 bits per heavy atom. The summed E-state index contributed by atoms with van der Waals surface area (Å²) in [6.07, 6.45) is 1.04. The Morgan fingerprint density at radius 2 is 1.71 bits per heavy atom. The third-order valence-electron chi connectivity index (χ3n) is 3.29. The highest BCUT2D eigenvalue weighted by Gasteiger charge is 2.15. The number of para-hydroxylation sites is 1. The number of anilines is 1. The van der Waals surface area contributed by atoms with Crippen LogP contribution in [-0.2, 0) is 9.59 Å². The van der Waals surface area contributed by atoms with Gasteiger partial charge in [-0.05, 0) is 37.1 Å². The molecule has 0 heterocycles. The summed E-state index contributed by atoms with van der Waals surface area (Å²) in [5.74, 6) is -2.42. The van der Waals surface area contributed by atoms with Gasteiger partial charge < -0.3 is 5.32 Å². The van der Waals surface area contributed by atoms with E-state index in [1.807, 2.05) is 37.5 Å². The average Bonchev–Trinajstić information content (AvgIpc) is 2.53. The second-order valence-electron chi connectivity index (χ2n) is 5.06. The lowest BCUT2D eigenvalue weighted by atomic mass is 10.1. The van der Waals surface area contributed by atoms with Crippen molar-refractivity contribution in [2.75, 3.05) is 5.32 Å². The minimum Gasteiger partial charge on any atom is -0.317 e. The number of carbonyl (C=O) groups excluding carboxylic acids is 2. The van der Waals surface area contributed by atoms with Gasteiger partial charge in [-0.1, -0.05) is 35.9 Å². The van der Waals surface area contributed by atoms with Gasteiger partial charge in [0.2, 0.25) is 0 Å².